The topological polar surface area (TPSA) is 110 Å². The predicted molar refractivity (Wildman–Crippen MR) is 192 cm³/mol. The molecule has 1 fully saturated rings. The minimum absolute atomic E-state index is 0.0246. The second-order valence-corrected chi connectivity index (χ2v) is 13.1. The summed E-state index contributed by atoms with van der Waals surface area (Å²) in [4.78, 5) is 45.9. The number of carbonyl (C=O) groups is 1. The smallest absolute Gasteiger partial charge is 0.332 e. The summed E-state index contributed by atoms with van der Waals surface area (Å²) in [6.45, 7) is 2.53. The van der Waals surface area contributed by atoms with Gasteiger partial charge in [0, 0.05) is 24.1 Å². The Bertz CT molecular complexity index is 2260. The van der Waals surface area contributed by atoms with E-state index in [2.05, 4.69) is 4.98 Å². The number of methoxy groups -OCH3 is 1. The van der Waals surface area contributed by atoms with E-state index in [0.717, 1.165) is 4.57 Å². The summed E-state index contributed by atoms with van der Waals surface area (Å²) in [7, 11) is 4.40. The van der Waals surface area contributed by atoms with Crippen molar-refractivity contribution >= 4 is 80.3 Å². The van der Waals surface area contributed by atoms with E-state index in [-0.39, 0.29) is 35.4 Å². The lowest BCUT2D eigenvalue weighted by Crippen LogP contribution is -2.37. The molecule has 0 saturated carbocycles. The molecule has 15 heteroatoms. The van der Waals surface area contributed by atoms with E-state index in [1.54, 1.807) is 71.3 Å². The summed E-state index contributed by atoms with van der Waals surface area (Å²) in [5.74, 6) is 1.05. The summed E-state index contributed by atoms with van der Waals surface area (Å²) in [5, 5.41) is 0.837. The molecule has 1 amide bonds. The number of fused-ring (bicyclic) bond motifs is 1. The molecule has 48 heavy (non-hydrogen) atoms. The van der Waals surface area contributed by atoms with Crippen molar-refractivity contribution in [2.75, 3.05) is 18.6 Å². The normalized spacial score (nSPS) is 14.0. The monoisotopic (exact) mass is 723 g/mol. The molecular weight excluding hydrogens is 697 g/mol. The first-order chi connectivity index (χ1) is 23.0. The number of thioether (sulfide) groups is 1. The molecule has 2 aromatic heterocycles. The molecule has 0 bridgehead atoms. The Labute approximate surface area is 293 Å². The highest BCUT2D eigenvalue weighted by atomic mass is 35.5. The van der Waals surface area contributed by atoms with Gasteiger partial charge in [-0.25, -0.2) is 4.79 Å². The number of amides is 1. The van der Waals surface area contributed by atoms with Gasteiger partial charge in [0.15, 0.2) is 27.0 Å². The van der Waals surface area contributed by atoms with Crippen LogP contribution >= 0.6 is 47.2 Å². The Balaban J connectivity index is 1.35. The van der Waals surface area contributed by atoms with Gasteiger partial charge in [0.25, 0.3) is 11.5 Å². The van der Waals surface area contributed by atoms with Crippen LogP contribution in [0.25, 0.3) is 17.2 Å². The van der Waals surface area contributed by atoms with Crippen molar-refractivity contribution in [2.24, 2.45) is 14.1 Å². The number of hydrogen-bond donors (Lipinski definition) is 0. The highest BCUT2D eigenvalue weighted by molar-refractivity contribution is 8.27. The Kier molecular flexibility index (Phi) is 9.39. The van der Waals surface area contributed by atoms with E-state index >= 15 is 0 Å². The fraction of sp³-hybridized carbons (Fsp3) is 0.182. The predicted octanol–water partition coefficient (Wildman–Crippen LogP) is 6.39. The van der Waals surface area contributed by atoms with E-state index in [1.165, 1.54) is 42.4 Å². The Morgan fingerprint density at radius 1 is 0.958 bits per heavy atom. The van der Waals surface area contributed by atoms with Gasteiger partial charge in [0.2, 0.25) is 0 Å². The number of halogens is 2. The molecule has 11 nitrogen and oxygen atoms in total. The van der Waals surface area contributed by atoms with E-state index in [1.807, 2.05) is 6.92 Å². The molecule has 3 heterocycles. The van der Waals surface area contributed by atoms with Gasteiger partial charge in [-0.15, -0.1) is 0 Å². The molecule has 0 atom stereocenters. The third kappa shape index (κ3) is 6.21. The lowest BCUT2D eigenvalue weighted by molar-refractivity contribution is -0.113. The molecule has 6 rings (SSSR count). The molecule has 0 unspecified atom stereocenters. The molecular formula is C33H27Cl2N5O6S2. The van der Waals surface area contributed by atoms with Crippen LogP contribution in [0.3, 0.4) is 0 Å². The number of imidazole rings is 1. The molecule has 1 saturated heterocycles. The van der Waals surface area contributed by atoms with Crippen LogP contribution in [0.4, 0.5) is 5.69 Å². The van der Waals surface area contributed by atoms with Gasteiger partial charge in [-0.3, -0.25) is 28.2 Å². The highest BCUT2D eigenvalue weighted by Crippen LogP contribution is 2.39. The van der Waals surface area contributed by atoms with Gasteiger partial charge >= 0.3 is 11.7 Å². The van der Waals surface area contributed by atoms with Gasteiger partial charge in [0.1, 0.15) is 5.75 Å². The second kappa shape index (κ2) is 13.5. The van der Waals surface area contributed by atoms with Crippen LogP contribution in [0.5, 0.6) is 23.3 Å². The summed E-state index contributed by atoms with van der Waals surface area (Å²) in [6, 6.07) is 17.3. The van der Waals surface area contributed by atoms with Crippen LogP contribution < -0.4 is 30.4 Å². The molecule has 0 spiro atoms. The van der Waals surface area contributed by atoms with Crippen LogP contribution in [-0.4, -0.2) is 42.6 Å². The minimum atomic E-state index is -0.551. The molecule has 1 aliphatic rings. The average molecular weight is 725 g/mol. The maximum atomic E-state index is 13.4. The number of carbonyl (C=O) groups excluding carboxylic acids is 1. The number of rotatable bonds is 9. The zero-order valence-electron chi connectivity index (χ0n) is 26.0. The summed E-state index contributed by atoms with van der Waals surface area (Å²) >= 11 is 19.3. The molecule has 0 radical (unpaired) electrons. The lowest BCUT2D eigenvalue weighted by atomic mass is 10.2. The summed E-state index contributed by atoms with van der Waals surface area (Å²) in [5.41, 5.74) is 1.13. The van der Waals surface area contributed by atoms with Gasteiger partial charge in [0.05, 0.1) is 30.9 Å². The highest BCUT2D eigenvalue weighted by Gasteiger charge is 2.33. The number of hydrogen-bond acceptors (Lipinski definition) is 9. The van der Waals surface area contributed by atoms with Gasteiger partial charge in [-0.05, 0) is 72.7 Å². The van der Waals surface area contributed by atoms with Crippen LogP contribution in [0.1, 0.15) is 18.1 Å². The van der Waals surface area contributed by atoms with Gasteiger partial charge in [-0.1, -0.05) is 59.3 Å². The van der Waals surface area contributed by atoms with Crippen molar-refractivity contribution in [3.05, 3.63) is 108 Å². The van der Waals surface area contributed by atoms with E-state index < -0.39 is 11.2 Å². The molecule has 0 N–H and O–H groups in total. The number of anilines is 1. The molecule has 3 aromatic carbocycles. The summed E-state index contributed by atoms with van der Waals surface area (Å²) < 4.78 is 21.7. The molecule has 1 aliphatic heterocycles. The quantitative estimate of drug-likeness (QED) is 0.126. The van der Waals surface area contributed by atoms with Crippen LogP contribution in [0.2, 0.25) is 10.0 Å². The first kappa shape index (κ1) is 33.3. The first-order valence-electron chi connectivity index (χ1n) is 14.5. The van der Waals surface area contributed by atoms with Crippen molar-refractivity contribution in [2.45, 2.75) is 13.5 Å². The second-order valence-electron chi connectivity index (χ2n) is 10.6. The molecule has 246 valence electrons. The fourth-order valence-electron chi connectivity index (χ4n) is 5.13. The zero-order valence-corrected chi connectivity index (χ0v) is 29.2. The van der Waals surface area contributed by atoms with E-state index in [0.29, 0.717) is 54.2 Å². The van der Waals surface area contributed by atoms with Crippen LogP contribution in [0, 0.1) is 0 Å². The maximum Gasteiger partial charge on any atom is 0.332 e. The average Bonchev–Trinajstić information content (AvgIpc) is 3.56. The Morgan fingerprint density at radius 2 is 1.71 bits per heavy atom. The maximum absolute atomic E-state index is 13.4. The zero-order chi connectivity index (χ0) is 34.3. The van der Waals surface area contributed by atoms with Gasteiger partial charge in [-0.2, -0.15) is 4.98 Å². The lowest BCUT2D eigenvalue weighted by Gasteiger charge is -2.15. The van der Waals surface area contributed by atoms with Crippen molar-refractivity contribution in [1.82, 2.24) is 18.7 Å². The Hall–Kier alpha value is -4.56. The minimum Gasteiger partial charge on any atom is -0.494 e. The third-order valence-electron chi connectivity index (χ3n) is 7.54. The third-order valence-corrected chi connectivity index (χ3v) is 9.43. The van der Waals surface area contributed by atoms with E-state index in [4.69, 9.17) is 49.6 Å². The number of ether oxygens (including phenoxy) is 3. The van der Waals surface area contributed by atoms with Crippen LogP contribution in [-0.2, 0) is 25.4 Å². The van der Waals surface area contributed by atoms with Crippen molar-refractivity contribution < 1.29 is 19.0 Å². The van der Waals surface area contributed by atoms with Crippen molar-refractivity contribution in [1.29, 1.82) is 0 Å². The van der Waals surface area contributed by atoms with Crippen LogP contribution in [0.15, 0.2) is 75.2 Å². The van der Waals surface area contributed by atoms with Crippen molar-refractivity contribution in [3.8, 4) is 23.3 Å². The SMILES string of the molecule is CCOc1ccc(N2C(=O)C(=Cc3ccc(Oc4nc5c(c(=O)n(C)c(=O)n5C)n4Cc4ccc(Cl)cc4Cl)c(OC)c3)SC2=S)cc1. The number of aryl methyl sites for hydroxylation is 1. The number of nitrogens with zero attached hydrogens (tertiary/aromatic N) is 5. The summed E-state index contributed by atoms with van der Waals surface area (Å²) in [6.07, 6.45) is 1.72. The van der Waals surface area contributed by atoms with Crippen molar-refractivity contribution in [3.63, 3.8) is 0 Å². The standard InChI is InChI=1S/C33H27Cl2N5O6S2/c1-5-45-22-11-9-21(10-12-22)40-29(41)26(48-33(40)47)15-18-6-13-24(25(14-18)44-4)46-31-36-28-27(30(42)38(3)32(43)37(28)2)39(31)17-19-7-8-20(34)16-23(19)35/h6-16H,5,17H2,1-4H3. The fourth-order valence-corrected chi connectivity index (χ4v) is 6.90. The molecule has 0 aliphatic carbocycles. The van der Waals surface area contributed by atoms with E-state index in [9.17, 15) is 14.4 Å². The number of benzene rings is 3. The molecule has 5 aromatic rings. The largest absolute Gasteiger partial charge is 0.494 e. The number of aromatic nitrogens is 4. The van der Waals surface area contributed by atoms with Gasteiger partial charge < -0.3 is 14.2 Å². The number of thiocarbonyl (C=S) groups is 1. The first-order valence-corrected chi connectivity index (χ1v) is 16.5. The Morgan fingerprint density at radius 3 is 2.40 bits per heavy atom.